The maximum atomic E-state index is 4.17. The van der Waals surface area contributed by atoms with Gasteiger partial charge in [-0.15, -0.1) is 0 Å². The molecule has 0 unspecified atom stereocenters. The number of benzene rings is 2. The normalized spacial score (nSPS) is 10.7. The number of fused-ring (bicyclic) bond motifs is 1. The van der Waals surface area contributed by atoms with Crippen LogP contribution in [-0.2, 0) is 6.54 Å². The van der Waals surface area contributed by atoms with Crippen molar-refractivity contribution in [3.63, 3.8) is 0 Å². The summed E-state index contributed by atoms with van der Waals surface area (Å²) in [4.78, 5) is 4.17. The van der Waals surface area contributed by atoms with E-state index in [1.165, 1.54) is 22.1 Å². The van der Waals surface area contributed by atoms with Crippen LogP contribution in [0.5, 0.6) is 0 Å². The van der Waals surface area contributed by atoms with E-state index in [0.717, 1.165) is 17.6 Å². The van der Waals surface area contributed by atoms with Crippen molar-refractivity contribution in [2.24, 2.45) is 0 Å². The Morgan fingerprint density at radius 3 is 2.75 bits per heavy atom. The number of aryl methyl sites for hydroxylation is 2. The van der Waals surface area contributed by atoms with Gasteiger partial charge in [0.2, 0.25) is 0 Å². The van der Waals surface area contributed by atoms with Crippen LogP contribution in [0.1, 0.15) is 16.7 Å². The second kappa shape index (κ2) is 5.33. The van der Waals surface area contributed by atoms with Crippen molar-refractivity contribution in [3.05, 3.63) is 71.5 Å². The Morgan fingerprint density at radius 1 is 1.00 bits per heavy atom. The lowest BCUT2D eigenvalue weighted by molar-refractivity contribution is 1.14. The summed E-state index contributed by atoms with van der Waals surface area (Å²) in [5.41, 5.74) is 5.14. The number of nitrogens with one attached hydrogen (secondary N) is 1. The van der Waals surface area contributed by atoms with Gasteiger partial charge in [-0.25, -0.2) is 0 Å². The lowest BCUT2D eigenvalue weighted by atomic mass is 10.1. The SMILES string of the molecule is Cc1ccc(CNc2cccc3cnccc23)cc1C. The van der Waals surface area contributed by atoms with Crippen LogP contribution in [0.4, 0.5) is 5.69 Å². The maximum absolute atomic E-state index is 4.17. The third-order valence-corrected chi connectivity index (χ3v) is 3.74. The van der Waals surface area contributed by atoms with Gasteiger partial charge in [0.1, 0.15) is 0 Å². The van der Waals surface area contributed by atoms with Crippen LogP contribution in [0, 0.1) is 13.8 Å². The number of hydrogen-bond donors (Lipinski definition) is 1. The minimum absolute atomic E-state index is 0.836. The van der Waals surface area contributed by atoms with E-state index < -0.39 is 0 Å². The van der Waals surface area contributed by atoms with Crippen LogP contribution in [0.2, 0.25) is 0 Å². The van der Waals surface area contributed by atoms with E-state index in [1.807, 2.05) is 12.4 Å². The molecule has 0 atom stereocenters. The van der Waals surface area contributed by atoms with E-state index in [1.54, 1.807) is 0 Å². The second-order valence-electron chi connectivity index (χ2n) is 5.17. The summed E-state index contributed by atoms with van der Waals surface area (Å²) < 4.78 is 0. The molecule has 0 aliphatic carbocycles. The first kappa shape index (κ1) is 12.7. The van der Waals surface area contributed by atoms with Gasteiger partial charge in [0.15, 0.2) is 0 Å². The van der Waals surface area contributed by atoms with Gasteiger partial charge in [0.25, 0.3) is 0 Å². The average Bonchev–Trinajstić information content (AvgIpc) is 2.48. The summed E-state index contributed by atoms with van der Waals surface area (Å²) in [5, 5.41) is 5.90. The van der Waals surface area contributed by atoms with Crippen molar-refractivity contribution in [3.8, 4) is 0 Å². The highest BCUT2D eigenvalue weighted by atomic mass is 14.9. The van der Waals surface area contributed by atoms with Gasteiger partial charge in [-0.05, 0) is 42.7 Å². The summed E-state index contributed by atoms with van der Waals surface area (Å²) in [5.74, 6) is 0. The molecule has 0 saturated heterocycles. The maximum Gasteiger partial charge on any atom is 0.0423 e. The molecule has 0 aliphatic rings. The Bertz CT molecular complexity index is 742. The first-order chi connectivity index (χ1) is 9.74. The Hall–Kier alpha value is -2.35. The van der Waals surface area contributed by atoms with Crippen molar-refractivity contribution in [2.75, 3.05) is 5.32 Å². The summed E-state index contributed by atoms with van der Waals surface area (Å²) in [6.07, 6.45) is 3.74. The Morgan fingerprint density at radius 2 is 1.90 bits per heavy atom. The molecule has 1 aromatic heterocycles. The number of hydrogen-bond acceptors (Lipinski definition) is 2. The van der Waals surface area contributed by atoms with Crippen molar-refractivity contribution in [1.29, 1.82) is 0 Å². The molecular weight excluding hydrogens is 244 g/mol. The number of rotatable bonds is 3. The van der Waals surface area contributed by atoms with Gasteiger partial charge >= 0.3 is 0 Å². The molecule has 0 saturated carbocycles. The van der Waals surface area contributed by atoms with E-state index in [2.05, 4.69) is 66.6 Å². The number of anilines is 1. The Kier molecular flexibility index (Phi) is 3.38. The standard InChI is InChI=1S/C18H18N2/c1-13-6-7-15(10-14(13)2)11-20-18-5-3-4-16-12-19-9-8-17(16)18/h3-10,12,20H,11H2,1-2H3. The zero-order valence-corrected chi connectivity index (χ0v) is 11.9. The fraction of sp³-hybridized carbons (Fsp3) is 0.167. The Balaban J connectivity index is 1.85. The largest absolute Gasteiger partial charge is 0.380 e. The van der Waals surface area contributed by atoms with Crippen molar-refractivity contribution in [1.82, 2.24) is 4.98 Å². The molecule has 3 aromatic rings. The summed E-state index contributed by atoms with van der Waals surface area (Å²) in [7, 11) is 0. The van der Waals surface area contributed by atoms with E-state index in [9.17, 15) is 0 Å². The van der Waals surface area contributed by atoms with Gasteiger partial charge in [-0.1, -0.05) is 30.3 Å². The number of aromatic nitrogens is 1. The quantitative estimate of drug-likeness (QED) is 0.753. The molecule has 1 N–H and O–H groups in total. The van der Waals surface area contributed by atoms with E-state index in [0.29, 0.717) is 0 Å². The third-order valence-electron chi connectivity index (χ3n) is 3.74. The molecule has 2 nitrogen and oxygen atoms in total. The zero-order chi connectivity index (χ0) is 13.9. The van der Waals surface area contributed by atoms with Gasteiger partial charge < -0.3 is 5.32 Å². The predicted octanol–water partition coefficient (Wildman–Crippen LogP) is 4.46. The van der Waals surface area contributed by atoms with Gasteiger partial charge in [0, 0.05) is 35.4 Å². The van der Waals surface area contributed by atoms with Crippen molar-refractivity contribution >= 4 is 16.5 Å². The molecule has 3 rings (SSSR count). The molecule has 0 amide bonds. The topological polar surface area (TPSA) is 24.9 Å². The fourth-order valence-corrected chi connectivity index (χ4v) is 2.39. The lowest BCUT2D eigenvalue weighted by Crippen LogP contribution is -2.00. The summed E-state index contributed by atoms with van der Waals surface area (Å²) >= 11 is 0. The van der Waals surface area contributed by atoms with E-state index >= 15 is 0 Å². The molecule has 0 bridgehead atoms. The molecular formula is C18H18N2. The van der Waals surface area contributed by atoms with Crippen LogP contribution in [0.3, 0.4) is 0 Å². The molecule has 20 heavy (non-hydrogen) atoms. The van der Waals surface area contributed by atoms with Crippen LogP contribution in [-0.4, -0.2) is 4.98 Å². The van der Waals surface area contributed by atoms with Crippen LogP contribution >= 0.6 is 0 Å². The monoisotopic (exact) mass is 262 g/mol. The average molecular weight is 262 g/mol. The lowest BCUT2D eigenvalue weighted by Gasteiger charge is -2.11. The van der Waals surface area contributed by atoms with Crippen LogP contribution in [0.25, 0.3) is 10.8 Å². The minimum Gasteiger partial charge on any atom is -0.380 e. The first-order valence-electron chi connectivity index (χ1n) is 6.87. The molecule has 1 heterocycles. The number of pyridine rings is 1. The fourth-order valence-electron chi connectivity index (χ4n) is 2.39. The third kappa shape index (κ3) is 2.50. The highest BCUT2D eigenvalue weighted by Crippen LogP contribution is 2.23. The van der Waals surface area contributed by atoms with E-state index in [-0.39, 0.29) is 0 Å². The van der Waals surface area contributed by atoms with Crippen LogP contribution in [0.15, 0.2) is 54.9 Å². The van der Waals surface area contributed by atoms with Crippen molar-refractivity contribution in [2.45, 2.75) is 20.4 Å². The van der Waals surface area contributed by atoms with Crippen molar-refractivity contribution < 1.29 is 0 Å². The van der Waals surface area contributed by atoms with Gasteiger partial charge in [-0.3, -0.25) is 4.98 Å². The first-order valence-corrected chi connectivity index (χ1v) is 6.87. The van der Waals surface area contributed by atoms with E-state index in [4.69, 9.17) is 0 Å². The second-order valence-corrected chi connectivity index (χ2v) is 5.17. The molecule has 0 aliphatic heterocycles. The highest BCUT2D eigenvalue weighted by molar-refractivity contribution is 5.93. The van der Waals surface area contributed by atoms with Crippen LogP contribution < -0.4 is 5.32 Å². The molecule has 0 spiro atoms. The smallest absolute Gasteiger partial charge is 0.0423 e. The highest BCUT2D eigenvalue weighted by Gasteiger charge is 2.01. The number of nitrogens with zero attached hydrogens (tertiary/aromatic N) is 1. The van der Waals surface area contributed by atoms with Gasteiger partial charge in [-0.2, -0.15) is 0 Å². The molecule has 0 fully saturated rings. The van der Waals surface area contributed by atoms with Gasteiger partial charge in [0.05, 0.1) is 0 Å². The summed E-state index contributed by atoms with van der Waals surface area (Å²) in [6, 6.07) is 14.9. The predicted molar refractivity (Wildman–Crippen MR) is 85.0 cm³/mol. The zero-order valence-electron chi connectivity index (χ0n) is 11.9. The Labute approximate surface area is 119 Å². The molecule has 0 radical (unpaired) electrons. The molecule has 2 heteroatoms. The minimum atomic E-state index is 0.836. The summed E-state index contributed by atoms with van der Waals surface area (Å²) in [6.45, 7) is 5.13. The molecule has 2 aromatic carbocycles. The molecule has 100 valence electrons.